The van der Waals surface area contributed by atoms with Crippen molar-refractivity contribution in [3.63, 3.8) is 0 Å². The molecule has 0 spiro atoms. The zero-order valence-corrected chi connectivity index (χ0v) is 9.06. The van der Waals surface area contributed by atoms with Crippen LogP contribution in [0.2, 0.25) is 0 Å². The fourth-order valence-electron chi connectivity index (χ4n) is 1.12. The van der Waals surface area contributed by atoms with Crippen LogP contribution in [-0.2, 0) is 0 Å². The van der Waals surface area contributed by atoms with Gasteiger partial charge in [-0.1, -0.05) is 6.92 Å². The number of carbonyl (C=O) groups excluding carboxylic acids is 1. The van der Waals surface area contributed by atoms with Crippen molar-refractivity contribution >= 4 is 5.91 Å². The van der Waals surface area contributed by atoms with Gasteiger partial charge >= 0.3 is 0 Å². The van der Waals surface area contributed by atoms with Gasteiger partial charge in [0.05, 0.1) is 6.10 Å². The van der Waals surface area contributed by atoms with Crippen molar-refractivity contribution in [2.45, 2.75) is 25.9 Å². The maximum absolute atomic E-state index is 11.4. The summed E-state index contributed by atoms with van der Waals surface area (Å²) in [5.41, 5.74) is -0.191. The fourth-order valence-corrected chi connectivity index (χ4v) is 1.12. The minimum atomic E-state index is -0.399. The molecule has 0 saturated heterocycles. The van der Waals surface area contributed by atoms with Gasteiger partial charge in [0.15, 0.2) is 0 Å². The monoisotopic (exact) mass is 225 g/mol. The molecule has 0 bridgehead atoms. The Morgan fingerprint density at radius 2 is 2.38 bits per heavy atom. The van der Waals surface area contributed by atoms with Crippen LogP contribution in [0.3, 0.4) is 0 Å². The number of carbonyl (C=O) groups is 1. The van der Waals surface area contributed by atoms with Gasteiger partial charge in [-0.25, -0.2) is 5.10 Å². The number of nitrogens with one attached hydrogen (secondary N) is 2. The van der Waals surface area contributed by atoms with Gasteiger partial charge in [-0.05, 0) is 18.9 Å². The van der Waals surface area contributed by atoms with Crippen LogP contribution < -0.4 is 10.9 Å². The van der Waals surface area contributed by atoms with Crippen molar-refractivity contribution in [3.8, 4) is 0 Å². The lowest BCUT2D eigenvalue weighted by atomic mass is 10.2. The van der Waals surface area contributed by atoms with Crippen LogP contribution in [0.25, 0.3) is 0 Å². The molecule has 1 heterocycles. The second-order valence-corrected chi connectivity index (χ2v) is 3.41. The molecule has 3 N–H and O–H groups in total. The summed E-state index contributed by atoms with van der Waals surface area (Å²) in [4.78, 5) is 22.2. The molecule has 6 heteroatoms. The highest BCUT2D eigenvalue weighted by molar-refractivity contribution is 5.91. The molecule has 0 aliphatic heterocycles. The van der Waals surface area contributed by atoms with E-state index in [1.807, 2.05) is 6.92 Å². The van der Waals surface area contributed by atoms with E-state index >= 15 is 0 Å². The molecule has 0 radical (unpaired) electrons. The maximum Gasteiger partial charge on any atom is 0.271 e. The summed E-state index contributed by atoms with van der Waals surface area (Å²) in [7, 11) is 0. The molecular formula is C10H15N3O3. The van der Waals surface area contributed by atoms with E-state index in [0.717, 1.165) is 0 Å². The first-order valence-corrected chi connectivity index (χ1v) is 5.15. The van der Waals surface area contributed by atoms with Crippen LogP contribution in [0.4, 0.5) is 0 Å². The lowest BCUT2D eigenvalue weighted by Crippen LogP contribution is -2.28. The summed E-state index contributed by atoms with van der Waals surface area (Å²) in [6, 6.07) is 2.59. The first-order valence-electron chi connectivity index (χ1n) is 5.15. The van der Waals surface area contributed by atoms with Gasteiger partial charge in [0.2, 0.25) is 0 Å². The normalized spacial score (nSPS) is 12.1. The number of aromatic amines is 1. The second-order valence-electron chi connectivity index (χ2n) is 3.41. The molecule has 1 unspecified atom stereocenters. The average molecular weight is 225 g/mol. The van der Waals surface area contributed by atoms with Crippen LogP contribution >= 0.6 is 0 Å². The second kappa shape index (κ2) is 6.02. The Labute approximate surface area is 92.7 Å². The minimum Gasteiger partial charge on any atom is -0.393 e. The molecule has 1 atom stereocenters. The highest BCUT2D eigenvalue weighted by Crippen LogP contribution is 1.95. The summed E-state index contributed by atoms with van der Waals surface area (Å²) in [6.07, 6.45) is 0.766. The van der Waals surface area contributed by atoms with Gasteiger partial charge in [0.1, 0.15) is 5.69 Å². The number of amides is 1. The number of rotatable bonds is 5. The van der Waals surface area contributed by atoms with Crippen molar-refractivity contribution in [2.75, 3.05) is 6.54 Å². The number of aliphatic hydroxyl groups is 1. The average Bonchev–Trinajstić information content (AvgIpc) is 2.29. The fraction of sp³-hybridized carbons (Fsp3) is 0.500. The van der Waals surface area contributed by atoms with Crippen molar-refractivity contribution in [3.05, 3.63) is 28.2 Å². The lowest BCUT2D eigenvalue weighted by molar-refractivity contribution is 0.0936. The zero-order chi connectivity index (χ0) is 12.0. The third-order valence-electron chi connectivity index (χ3n) is 2.15. The molecule has 0 aliphatic rings. The van der Waals surface area contributed by atoms with Gasteiger partial charge in [-0.3, -0.25) is 9.59 Å². The van der Waals surface area contributed by atoms with Crippen molar-refractivity contribution in [1.29, 1.82) is 0 Å². The summed E-state index contributed by atoms with van der Waals surface area (Å²) in [5.74, 6) is -0.362. The summed E-state index contributed by atoms with van der Waals surface area (Å²) in [5, 5.41) is 17.6. The molecule has 0 fully saturated rings. The van der Waals surface area contributed by atoms with Crippen molar-refractivity contribution in [2.24, 2.45) is 0 Å². The predicted octanol–water partition coefficient (Wildman–Crippen LogP) is -0.339. The third-order valence-corrected chi connectivity index (χ3v) is 2.15. The maximum atomic E-state index is 11.4. The number of H-pyrrole nitrogens is 1. The summed E-state index contributed by atoms with van der Waals surface area (Å²) < 4.78 is 0. The Morgan fingerprint density at radius 1 is 1.62 bits per heavy atom. The van der Waals surface area contributed by atoms with E-state index in [1.54, 1.807) is 0 Å². The molecule has 0 saturated carbocycles. The van der Waals surface area contributed by atoms with E-state index in [-0.39, 0.29) is 17.2 Å². The van der Waals surface area contributed by atoms with Gasteiger partial charge in [-0.15, -0.1) is 0 Å². The zero-order valence-electron chi connectivity index (χ0n) is 9.06. The smallest absolute Gasteiger partial charge is 0.271 e. The minimum absolute atomic E-state index is 0.158. The molecule has 0 aliphatic carbocycles. The Balaban J connectivity index is 2.41. The topological polar surface area (TPSA) is 95.1 Å². The molecule has 1 aromatic rings. The molecule has 1 rings (SSSR count). The summed E-state index contributed by atoms with van der Waals surface area (Å²) >= 11 is 0. The first kappa shape index (κ1) is 12.4. The largest absolute Gasteiger partial charge is 0.393 e. The molecule has 88 valence electrons. The van der Waals surface area contributed by atoms with Crippen LogP contribution in [-0.4, -0.2) is 33.9 Å². The predicted molar refractivity (Wildman–Crippen MR) is 58.1 cm³/mol. The van der Waals surface area contributed by atoms with Crippen LogP contribution in [0.5, 0.6) is 0 Å². The molecule has 0 aromatic carbocycles. The first-order chi connectivity index (χ1) is 7.63. The van der Waals surface area contributed by atoms with Crippen LogP contribution in [0.1, 0.15) is 30.3 Å². The standard InChI is InChI=1S/C10H15N3O3/c1-2-7(14)5-6-11-10(16)8-3-4-9(15)13-12-8/h3-4,7,14H,2,5-6H2,1H3,(H,11,16)(H,13,15). The van der Waals surface area contributed by atoms with Crippen LogP contribution in [0.15, 0.2) is 16.9 Å². The number of hydrogen-bond donors (Lipinski definition) is 3. The summed E-state index contributed by atoms with van der Waals surface area (Å²) in [6.45, 7) is 2.25. The molecule has 1 amide bonds. The van der Waals surface area contributed by atoms with Gasteiger partial charge in [-0.2, -0.15) is 5.10 Å². The van der Waals surface area contributed by atoms with Crippen molar-refractivity contribution < 1.29 is 9.90 Å². The van der Waals surface area contributed by atoms with E-state index < -0.39 is 6.10 Å². The van der Waals surface area contributed by atoms with E-state index in [2.05, 4.69) is 15.5 Å². The molecular weight excluding hydrogens is 210 g/mol. The Bertz CT molecular complexity index is 382. The Morgan fingerprint density at radius 3 is 2.94 bits per heavy atom. The Kier molecular flexibility index (Phi) is 4.65. The van der Waals surface area contributed by atoms with E-state index in [0.29, 0.717) is 19.4 Å². The Hall–Kier alpha value is -1.69. The molecule has 16 heavy (non-hydrogen) atoms. The number of aromatic nitrogens is 2. The quantitative estimate of drug-likeness (QED) is 0.639. The highest BCUT2D eigenvalue weighted by Gasteiger charge is 2.07. The SMILES string of the molecule is CCC(O)CCNC(=O)c1ccc(=O)[nH]n1. The third kappa shape index (κ3) is 3.82. The van der Waals surface area contributed by atoms with Gasteiger partial charge in [0, 0.05) is 12.6 Å². The number of hydrogen-bond acceptors (Lipinski definition) is 4. The molecule has 6 nitrogen and oxygen atoms in total. The van der Waals surface area contributed by atoms with Crippen LogP contribution in [0, 0.1) is 0 Å². The van der Waals surface area contributed by atoms with E-state index in [1.165, 1.54) is 12.1 Å². The van der Waals surface area contributed by atoms with Gasteiger partial charge < -0.3 is 10.4 Å². The van der Waals surface area contributed by atoms with Crippen molar-refractivity contribution in [1.82, 2.24) is 15.5 Å². The highest BCUT2D eigenvalue weighted by atomic mass is 16.3. The van der Waals surface area contributed by atoms with E-state index in [9.17, 15) is 14.7 Å². The lowest BCUT2D eigenvalue weighted by Gasteiger charge is -2.08. The number of nitrogens with zero attached hydrogens (tertiary/aromatic N) is 1. The number of aliphatic hydroxyl groups excluding tert-OH is 1. The van der Waals surface area contributed by atoms with Gasteiger partial charge in [0.25, 0.3) is 11.5 Å². The van der Waals surface area contributed by atoms with E-state index in [4.69, 9.17) is 0 Å². The molecule has 1 aromatic heterocycles.